The molecule has 3 aliphatic rings. The number of nitrogens with one attached hydrogen (secondary N) is 1. The van der Waals surface area contributed by atoms with Gasteiger partial charge < -0.3 is 31.5 Å². The average Bonchev–Trinajstić information content (AvgIpc) is 3.32. The van der Waals surface area contributed by atoms with Crippen molar-refractivity contribution in [1.82, 2.24) is 9.78 Å². The van der Waals surface area contributed by atoms with Gasteiger partial charge in [-0.25, -0.2) is 4.39 Å². The summed E-state index contributed by atoms with van der Waals surface area (Å²) in [5, 5.41) is 49.4. The molecule has 12 nitrogen and oxygen atoms in total. The molecule has 7 N–H and O–H groups in total. The maximum Gasteiger partial charge on any atom is 0.255 e. The average molecular weight is 512 g/mol. The van der Waals surface area contributed by atoms with Crippen LogP contribution in [0, 0.1) is 17.7 Å². The van der Waals surface area contributed by atoms with Crippen molar-refractivity contribution in [3.63, 3.8) is 0 Å². The number of aliphatic hydroxyl groups excluding tert-OH is 2. The van der Waals surface area contributed by atoms with Crippen LogP contribution in [0.25, 0.3) is 0 Å². The summed E-state index contributed by atoms with van der Waals surface area (Å²) in [4.78, 5) is 50.5. The minimum atomic E-state index is -2.72. The number of phenols is 1. The molecule has 0 saturated carbocycles. The second kappa shape index (κ2) is 8.27. The molecular weight excluding hydrogens is 491 g/mol. The number of benzene rings is 1. The lowest BCUT2D eigenvalue weighted by Crippen LogP contribution is -2.57. The molecule has 0 aliphatic heterocycles. The number of nitrogens with zero attached hydrogens (tertiary/aromatic N) is 2. The van der Waals surface area contributed by atoms with Gasteiger partial charge in [-0.2, -0.15) is 5.10 Å². The number of aromatic hydroxyl groups is 1. The number of rotatable bonds is 4. The number of Topliss-reactive ketones (excluding diaryl/α,β-unsaturated/α-hetero) is 2. The summed E-state index contributed by atoms with van der Waals surface area (Å²) in [7, 11) is 0. The van der Waals surface area contributed by atoms with Gasteiger partial charge >= 0.3 is 0 Å². The van der Waals surface area contributed by atoms with E-state index in [1.807, 2.05) is 0 Å². The van der Waals surface area contributed by atoms with Crippen molar-refractivity contribution in [2.45, 2.75) is 31.4 Å². The number of halogens is 1. The summed E-state index contributed by atoms with van der Waals surface area (Å²) in [6.07, 6.45) is 2.27. The van der Waals surface area contributed by atoms with Gasteiger partial charge in [-0.05, 0) is 24.8 Å². The van der Waals surface area contributed by atoms with Crippen LogP contribution in [0.5, 0.6) is 5.75 Å². The first kappa shape index (κ1) is 24.2. The minimum Gasteiger partial charge on any atom is -0.511 e. The maximum absolute atomic E-state index is 15.1. The number of ketones is 2. The smallest absolute Gasteiger partial charge is 0.255 e. The number of fused-ring (bicyclic) bond motifs is 3. The highest BCUT2D eigenvalue weighted by molar-refractivity contribution is 6.24. The van der Waals surface area contributed by atoms with Crippen molar-refractivity contribution in [2.24, 2.45) is 17.6 Å². The second-order valence-electron chi connectivity index (χ2n) is 9.27. The van der Waals surface area contributed by atoms with E-state index in [1.165, 1.54) is 17.1 Å². The fourth-order valence-corrected chi connectivity index (χ4v) is 5.47. The number of nitrogens with two attached hydrogens (primary N) is 1. The molecule has 3 atom stereocenters. The molecule has 2 aromatic rings. The Bertz CT molecular complexity index is 1460. The quantitative estimate of drug-likeness (QED) is 0.250. The highest BCUT2D eigenvalue weighted by Gasteiger charge is 2.59. The molecular formula is C24H21FN4O8. The van der Waals surface area contributed by atoms with Crippen molar-refractivity contribution in [1.29, 1.82) is 0 Å². The number of hydrogen-bond donors (Lipinski definition) is 6. The normalized spacial score (nSPS) is 24.9. The summed E-state index contributed by atoms with van der Waals surface area (Å²) in [5.74, 6) is -9.73. The molecule has 5 rings (SSSR count). The summed E-state index contributed by atoms with van der Waals surface area (Å²) >= 11 is 0. The topological polar surface area (TPSA) is 205 Å². The zero-order valence-electron chi connectivity index (χ0n) is 19.1. The predicted molar refractivity (Wildman–Crippen MR) is 122 cm³/mol. The van der Waals surface area contributed by atoms with E-state index in [0.717, 1.165) is 6.07 Å². The third-order valence-electron chi connectivity index (χ3n) is 7.15. The number of primary amides is 1. The lowest BCUT2D eigenvalue weighted by Gasteiger charge is -2.45. The Balaban J connectivity index is 1.56. The Kier molecular flexibility index (Phi) is 5.40. The van der Waals surface area contributed by atoms with Crippen molar-refractivity contribution >= 4 is 29.1 Å². The molecule has 1 heterocycles. The predicted octanol–water partition coefficient (Wildman–Crippen LogP) is 0.555. The fourth-order valence-electron chi connectivity index (χ4n) is 5.47. The number of carbonyl (C=O) groups excluding carboxylic acids is 4. The van der Waals surface area contributed by atoms with Gasteiger partial charge in [0.1, 0.15) is 29.5 Å². The van der Waals surface area contributed by atoms with Crippen LogP contribution >= 0.6 is 0 Å². The standard InChI is InChI=1S/C24H21FN4O8/c25-12-7-13(28-15(31)8-29-3-1-2-27-29)19(32)17-11(12)5-9-4-10-6-14(30)18(23(26)36)22(35)24(10,37)21(34)16(9)20(17)33/h1-3,7,9-10,30,32,34,37H,4-6,8H2,(H2,26,36)(H,28,31)/t9?,10-,24-/m0/s1. The highest BCUT2D eigenvalue weighted by atomic mass is 19.1. The van der Waals surface area contributed by atoms with Gasteiger partial charge in [0.15, 0.2) is 17.1 Å². The number of anilines is 1. The molecule has 0 bridgehead atoms. The maximum atomic E-state index is 15.1. The van der Waals surface area contributed by atoms with Gasteiger partial charge in [0.05, 0.1) is 11.3 Å². The molecule has 3 aliphatic carbocycles. The summed E-state index contributed by atoms with van der Waals surface area (Å²) in [6, 6.07) is 2.45. The highest BCUT2D eigenvalue weighted by Crippen LogP contribution is 2.52. The second-order valence-corrected chi connectivity index (χ2v) is 9.27. The molecule has 1 unspecified atom stereocenters. The number of amides is 2. The molecule has 37 heavy (non-hydrogen) atoms. The van der Waals surface area contributed by atoms with E-state index < -0.39 is 86.3 Å². The first-order valence-electron chi connectivity index (χ1n) is 11.2. The zero-order chi connectivity index (χ0) is 26.8. The van der Waals surface area contributed by atoms with Crippen LogP contribution in [0.15, 0.2) is 47.2 Å². The van der Waals surface area contributed by atoms with Gasteiger partial charge in [0, 0.05) is 41.9 Å². The molecule has 2 amide bonds. The van der Waals surface area contributed by atoms with E-state index in [2.05, 4.69) is 10.4 Å². The van der Waals surface area contributed by atoms with E-state index in [1.54, 1.807) is 6.07 Å². The van der Waals surface area contributed by atoms with E-state index in [-0.39, 0.29) is 31.4 Å². The summed E-state index contributed by atoms with van der Waals surface area (Å²) in [5.41, 5.74) is 0.0235. The van der Waals surface area contributed by atoms with E-state index in [4.69, 9.17) is 5.73 Å². The monoisotopic (exact) mass is 512 g/mol. The van der Waals surface area contributed by atoms with Crippen LogP contribution in [0.2, 0.25) is 0 Å². The Morgan fingerprint density at radius 2 is 1.97 bits per heavy atom. The summed E-state index contributed by atoms with van der Waals surface area (Å²) in [6.45, 7) is -0.258. The van der Waals surface area contributed by atoms with Gasteiger partial charge in [-0.15, -0.1) is 0 Å². The lowest BCUT2D eigenvalue weighted by atomic mass is 9.60. The molecule has 0 spiro atoms. The number of aliphatic hydroxyl groups is 3. The minimum absolute atomic E-state index is 0.120. The zero-order valence-corrected chi connectivity index (χ0v) is 19.1. The first-order valence-corrected chi connectivity index (χ1v) is 11.2. The third-order valence-corrected chi connectivity index (χ3v) is 7.15. The van der Waals surface area contributed by atoms with Crippen LogP contribution in [-0.2, 0) is 27.3 Å². The van der Waals surface area contributed by atoms with E-state index >= 15 is 4.39 Å². The largest absolute Gasteiger partial charge is 0.511 e. The van der Waals surface area contributed by atoms with Crippen molar-refractivity contribution < 1.29 is 44.0 Å². The molecule has 0 radical (unpaired) electrons. The van der Waals surface area contributed by atoms with Crippen LogP contribution in [0.4, 0.5) is 10.1 Å². The van der Waals surface area contributed by atoms with Gasteiger partial charge in [0.2, 0.25) is 11.7 Å². The number of aromatic nitrogens is 2. The van der Waals surface area contributed by atoms with Gasteiger partial charge in [-0.3, -0.25) is 23.9 Å². The third kappa shape index (κ3) is 3.49. The first-order chi connectivity index (χ1) is 17.4. The van der Waals surface area contributed by atoms with Crippen LogP contribution in [-0.4, -0.2) is 59.2 Å². The lowest BCUT2D eigenvalue weighted by molar-refractivity contribution is -0.144. The van der Waals surface area contributed by atoms with Crippen LogP contribution in [0.3, 0.4) is 0 Å². The molecule has 13 heteroatoms. The Morgan fingerprint density at radius 3 is 2.62 bits per heavy atom. The molecule has 192 valence electrons. The van der Waals surface area contributed by atoms with Crippen LogP contribution in [0.1, 0.15) is 28.8 Å². The van der Waals surface area contributed by atoms with E-state index in [9.17, 15) is 39.6 Å². The number of phenolic OH excluding ortho intramolecular Hbond substituents is 1. The van der Waals surface area contributed by atoms with Crippen LogP contribution < -0.4 is 11.1 Å². The van der Waals surface area contributed by atoms with Crippen molar-refractivity contribution in [3.8, 4) is 5.75 Å². The van der Waals surface area contributed by atoms with Gasteiger partial charge in [0.25, 0.3) is 5.91 Å². The molecule has 0 fully saturated rings. The van der Waals surface area contributed by atoms with Gasteiger partial charge in [-0.1, -0.05) is 0 Å². The van der Waals surface area contributed by atoms with E-state index in [0.29, 0.717) is 0 Å². The Labute approximate surface area is 207 Å². The Morgan fingerprint density at radius 1 is 1.24 bits per heavy atom. The Hall–Kier alpha value is -4.52. The number of carbonyl (C=O) groups is 4. The SMILES string of the molecule is NC(=O)C1=C(O)C[C@@H]2CC3Cc4c(F)cc(NC(=O)Cn5cccn5)c(O)c4C(=O)C3=C(O)[C@]2(O)C1=O. The van der Waals surface area contributed by atoms with Crippen molar-refractivity contribution in [2.75, 3.05) is 5.32 Å². The summed E-state index contributed by atoms with van der Waals surface area (Å²) < 4.78 is 16.4. The fraction of sp³-hybridized carbons (Fsp3) is 0.292. The molecule has 1 aromatic heterocycles. The number of hydrogen-bond acceptors (Lipinski definition) is 9. The van der Waals surface area contributed by atoms with Crippen molar-refractivity contribution in [3.05, 3.63) is 64.1 Å². The molecule has 1 aromatic carbocycles. The molecule has 0 saturated heterocycles. The number of allylic oxidation sites excluding steroid dienone is 2.